The third-order valence-electron chi connectivity index (χ3n) is 1.82. The second-order valence-corrected chi connectivity index (χ2v) is 2.70. The van der Waals surface area contributed by atoms with Crippen molar-refractivity contribution < 1.29 is 13.6 Å². The number of hydrogen-bond donors (Lipinski definition) is 1. The molecule has 1 aromatic rings. The van der Waals surface area contributed by atoms with Crippen LogP contribution in [0.4, 0.5) is 8.78 Å². The fourth-order valence-electron chi connectivity index (χ4n) is 1.03. The van der Waals surface area contributed by atoms with Crippen LogP contribution in [-0.2, 0) is 11.4 Å². The molecule has 0 saturated carbocycles. The van der Waals surface area contributed by atoms with Crippen LogP contribution >= 0.6 is 0 Å². The van der Waals surface area contributed by atoms with Crippen molar-refractivity contribution >= 4 is 0 Å². The van der Waals surface area contributed by atoms with Gasteiger partial charge >= 0.3 is 0 Å². The van der Waals surface area contributed by atoms with Crippen LogP contribution in [0.5, 0.6) is 0 Å². The van der Waals surface area contributed by atoms with E-state index in [1.165, 1.54) is 13.2 Å². The molecule has 13 heavy (non-hydrogen) atoms. The molecule has 0 heterocycles. The van der Waals surface area contributed by atoms with E-state index in [1.807, 2.05) is 0 Å². The highest BCUT2D eigenvalue weighted by molar-refractivity contribution is 5.27. The number of hydroxylamine groups is 1. The zero-order chi connectivity index (χ0) is 9.84. The molecule has 0 bridgehead atoms. The van der Waals surface area contributed by atoms with Gasteiger partial charge in [-0.2, -0.15) is 5.48 Å². The molecule has 0 saturated heterocycles. The van der Waals surface area contributed by atoms with E-state index in [0.29, 0.717) is 11.1 Å². The monoisotopic (exact) mass is 187 g/mol. The molecule has 2 nitrogen and oxygen atoms in total. The van der Waals surface area contributed by atoms with Crippen LogP contribution in [0, 0.1) is 18.6 Å². The minimum atomic E-state index is -0.573. The lowest BCUT2D eigenvalue weighted by molar-refractivity contribution is 0.0864. The zero-order valence-electron chi connectivity index (χ0n) is 7.53. The molecule has 0 unspecified atom stereocenters. The third kappa shape index (κ3) is 2.47. The van der Waals surface area contributed by atoms with Crippen molar-refractivity contribution in [3.8, 4) is 0 Å². The van der Waals surface area contributed by atoms with Gasteiger partial charge in [0.1, 0.15) is 11.6 Å². The Balaban J connectivity index is 2.92. The SMILES string of the molecule is CONCc1cc(F)cc(F)c1C. The smallest absolute Gasteiger partial charge is 0.129 e. The Labute approximate surface area is 75.5 Å². The summed E-state index contributed by atoms with van der Waals surface area (Å²) >= 11 is 0. The lowest BCUT2D eigenvalue weighted by atomic mass is 10.1. The van der Waals surface area contributed by atoms with Gasteiger partial charge in [-0.1, -0.05) is 0 Å². The van der Waals surface area contributed by atoms with Crippen molar-refractivity contribution in [2.75, 3.05) is 7.11 Å². The Bertz CT molecular complexity index is 302. The molecule has 1 N–H and O–H groups in total. The highest BCUT2D eigenvalue weighted by Gasteiger charge is 2.06. The van der Waals surface area contributed by atoms with Crippen molar-refractivity contribution in [2.24, 2.45) is 0 Å². The normalized spacial score (nSPS) is 10.5. The van der Waals surface area contributed by atoms with E-state index in [1.54, 1.807) is 6.92 Å². The van der Waals surface area contributed by atoms with Crippen molar-refractivity contribution in [1.82, 2.24) is 5.48 Å². The van der Waals surface area contributed by atoms with E-state index < -0.39 is 11.6 Å². The first-order valence-electron chi connectivity index (χ1n) is 3.85. The van der Waals surface area contributed by atoms with Gasteiger partial charge in [-0.15, -0.1) is 0 Å². The van der Waals surface area contributed by atoms with Crippen molar-refractivity contribution in [1.29, 1.82) is 0 Å². The zero-order valence-corrected chi connectivity index (χ0v) is 7.53. The van der Waals surface area contributed by atoms with E-state index >= 15 is 0 Å². The molecule has 72 valence electrons. The molecule has 0 radical (unpaired) electrons. The number of nitrogens with one attached hydrogen (secondary N) is 1. The molecule has 0 fully saturated rings. The molecule has 0 aliphatic heterocycles. The van der Waals surface area contributed by atoms with E-state index in [2.05, 4.69) is 10.3 Å². The minimum absolute atomic E-state index is 0.289. The van der Waals surface area contributed by atoms with E-state index in [0.717, 1.165) is 6.07 Å². The van der Waals surface area contributed by atoms with Gasteiger partial charge in [0.2, 0.25) is 0 Å². The predicted octanol–water partition coefficient (Wildman–Crippen LogP) is 1.92. The average Bonchev–Trinajstić information content (AvgIpc) is 2.09. The standard InChI is InChI=1S/C9H11F2NO/c1-6-7(5-12-13-2)3-8(10)4-9(6)11/h3-4,12H,5H2,1-2H3. The first-order valence-corrected chi connectivity index (χ1v) is 3.85. The first-order chi connectivity index (χ1) is 6.15. The number of hydrogen-bond acceptors (Lipinski definition) is 2. The Morgan fingerprint density at radius 2 is 2.08 bits per heavy atom. The molecular weight excluding hydrogens is 176 g/mol. The summed E-state index contributed by atoms with van der Waals surface area (Å²) in [6, 6.07) is 2.15. The van der Waals surface area contributed by atoms with Gasteiger partial charge in [-0.25, -0.2) is 8.78 Å². The highest BCUT2D eigenvalue weighted by Crippen LogP contribution is 2.14. The Morgan fingerprint density at radius 1 is 1.38 bits per heavy atom. The summed E-state index contributed by atoms with van der Waals surface area (Å²) in [5, 5.41) is 0. The molecule has 0 amide bonds. The van der Waals surface area contributed by atoms with E-state index in [-0.39, 0.29) is 6.54 Å². The van der Waals surface area contributed by atoms with Crippen LogP contribution < -0.4 is 5.48 Å². The van der Waals surface area contributed by atoms with Gasteiger partial charge in [0, 0.05) is 12.6 Å². The molecule has 1 aromatic carbocycles. The lowest BCUT2D eigenvalue weighted by Crippen LogP contribution is -2.12. The summed E-state index contributed by atoms with van der Waals surface area (Å²) in [5.41, 5.74) is 3.52. The highest BCUT2D eigenvalue weighted by atomic mass is 19.1. The maximum absolute atomic E-state index is 13.0. The van der Waals surface area contributed by atoms with Gasteiger partial charge < -0.3 is 4.84 Å². The Kier molecular flexibility index (Phi) is 3.33. The van der Waals surface area contributed by atoms with E-state index in [9.17, 15) is 8.78 Å². The minimum Gasteiger partial charge on any atom is -0.305 e. The molecule has 4 heteroatoms. The molecule has 0 spiro atoms. The van der Waals surface area contributed by atoms with Gasteiger partial charge in [-0.05, 0) is 24.1 Å². The van der Waals surface area contributed by atoms with Crippen LogP contribution in [0.15, 0.2) is 12.1 Å². The molecule has 0 aliphatic rings. The average molecular weight is 187 g/mol. The van der Waals surface area contributed by atoms with Crippen LogP contribution in [0.2, 0.25) is 0 Å². The Morgan fingerprint density at radius 3 is 2.69 bits per heavy atom. The lowest BCUT2D eigenvalue weighted by Gasteiger charge is -2.06. The maximum Gasteiger partial charge on any atom is 0.129 e. The summed E-state index contributed by atoms with van der Waals surface area (Å²) in [5.74, 6) is -1.11. The number of benzene rings is 1. The largest absolute Gasteiger partial charge is 0.305 e. The van der Waals surface area contributed by atoms with Crippen molar-refractivity contribution in [3.63, 3.8) is 0 Å². The maximum atomic E-state index is 13.0. The quantitative estimate of drug-likeness (QED) is 0.730. The fourth-order valence-corrected chi connectivity index (χ4v) is 1.03. The van der Waals surface area contributed by atoms with Gasteiger partial charge in [0.15, 0.2) is 0 Å². The first kappa shape index (κ1) is 10.1. The van der Waals surface area contributed by atoms with Crippen LogP contribution in [0.3, 0.4) is 0 Å². The Hall–Kier alpha value is -1.00. The summed E-state index contributed by atoms with van der Waals surface area (Å²) in [4.78, 5) is 4.59. The molecule has 0 atom stereocenters. The molecule has 0 aliphatic carbocycles. The van der Waals surface area contributed by atoms with E-state index in [4.69, 9.17) is 0 Å². The summed E-state index contributed by atoms with van der Waals surface area (Å²) < 4.78 is 25.7. The van der Waals surface area contributed by atoms with Crippen LogP contribution in [0.1, 0.15) is 11.1 Å². The molecule has 0 aromatic heterocycles. The number of halogens is 2. The third-order valence-corrected chi connectivity index (χ3v) is 1.82. The van der Waals surface area contributed by atoms with Crippen LogP contribution in [0.25, 0.3) is 0 Å². The van der Waals surface area contributed by atoms with Crippen molar-refractivity contribution in [2.45, 2.75) is 13.5 Å². The second-order valence-electron chi connectivity index (χ2n) is 2.70. The number of rotatable bonds is 3. The molecule has 1 rings (SSSR count). The fraction of sp³-hybridized carbons (Fsp3) is 0.333. The second kappa shape index (κ2) is 4.30. The van der Waals surface area contributed by atoms with Crippen LogP contribution in [-0.4, -0.2) is 7.11 Å². The summed E-state index contributed by atoms with van der Waals surface area (Å²) in [6.45, 7) is 1.89. The predicted molar refractivity (Wildman–Crippen MR) is 44.9 cm³/mol. The van der Waals surface area contributed by atoms with Gasteiger partial charge in [0.05, 0.1) is 7.11 Å². The summed E-state index contributed by atoms with van der Waals surface area (Å²) in [7, 11) is 1.45. The topological polar surface area (TPSA) is 21.3 Å². The van der Waals surface area contributed by atoms with Crippen molar-refractivity contribution in [3.05, 3.63) is 34.9 Å². The molecular formula is C9H11F2NO. The van der Waals surface area contributed by atoms with Gasteiger partial charge in [0.25, 0.3) is 0 Å². The van der Waals surface area contributed by atoms with Gasteiger partial charge in [-0.3, -0.25) is 0 Å². The summed E-state index contributed by atoms with van der Waals surface area (Å²) in [6.07, 6.45) is 0.